The molecule has 6 N–H and O–H groups in total. The maximum absolute atomic E-state index is 15.1. The van der Waals surface area contributed by atoms with E-state index in [1.165, 1.54) is 77.0 Å². The van der Waals surface area contributed by atoms with E-state index >= 15 is 9.59 Å². The number of halogens is 2. The Bertz CT molecular complexity index is 2130. The second-order valence-electron chi connectivity index (χ2n) is 26.6. The molecule has 2 unspecified atom stereocenters. The van der Waals surface area contributed by atoms with Crippen molar-refractivity contribution in [3.05, 3.63) is 97.2 Å². The second kappa shape index (κ2) is 61.5. The SMILES string of the molecule is CCCCC/C=C\C/C=C\CCCCCCCC(=O)C(O)[C@](O)(C(=O)CCCCCCC/C=C\C/C=C\CCCCC)[C@](O)(C(=O)CBr)[C@@](O)(C(=O)CBr)[C@@](O)(C(=O)CCCCCCC/C=C\C/C=C\CCCCC)C(O)C(=O)CCCCCCC/C=C\C/C=C\CCCCC. The summed E-state index contributed by atoms with van der Waals surface area (Å²) in [5.41, 5.74) is -17.2. The van der Waals surface area contributed by atoms with Crippen LogP contribution in [-0.4, -0.2) is 111 Å². The van der Waals surface area contributed by atoms with Gasteiger partial charge in [-0.1, -0.05) is 285 Å². The van der Waals surface area contributed by atoms with Gasteiger partial charge in [0.05, 0.1) is 10.7 Å². The average molecular weight is 1470 g/mol. The fourth-order valence-corrected chi connectivity index (χ4v) is 13.0. The zero-order valence-electron chi connectivity index (χ0n) is 60.6. The van der Waals surface area contributed by atoms with Crippen molar-refractivity contribution >= 4 is 66.6 Å². The highest BCUT2D eigenvalue weighted by Crippen LogP contribution is 2.48. The van der Waals surface area contributed by atoms with Gasteiger partial charge in [-0.3, -0.25) is 28.8 Å². The molecule has 0 spiro atoms. The van der Waals surface area contributed by atoms with Crippen molar-refractivity contribution in [2.24, 2.45) is 0 Å². The second-order valence-corrected chi connectivity index (χ2v) is 27.7. The Morgan fingerprint density at radius 1 is 0.271 bits per heavy atom. The Morgan fingerprint density at radius 3 is 0.667 bits per heavy atom. The van der Waals surface area contributed by atoms with Gasteiger partial charge in [-0.05, 0) is 154 Å². The van der Waals surface area contributed by atoms with E-state index in [1.807, 2.05) is 0 Å². The molecule has 0 aliphatic carbocycles. The van der Waals surface area contributed by atoms with Crippen molar-refractivity contribution < 1.29 is 59.4 Å². The molecule has 12 nitrogen and oxygen atoms in total. The Balaban J connectivity index is 7.19. The highest BCUT2D eigenvalue weighted by atomic mass is 79.9. The predicted octanol–water partition coefficient (Wildman–Crippen LogP) is 20.1. The van der Waals surface area contributed by atoms with Crippen LogP contribution >= 0.6 is 31.9 Å². The third-order valence-electron chi connectivity index (χ3n) is 18.4. The summed E-state index contributed by atoms with van der Waals surface area (Å²) >= 11 is 5.94. The summed E-state index contributed by atoms with van der Waals surface area (Å²) in [5.74, 6) is -9.05. The number of rotatable bonds is 69. The van der Waals surface area contributed by atoms with E-state index < -0.39 is 106 Å². The van der Waals surface area contributed by atoms with Crippen LogP contribution in [0.15, 0.2) is 97.2 Å². The molecule has 0 aromatic rings. The van der Waals surface area contributed by atoms with Crippen molar-refractivity contribution in [3.63, 3.8) is 0 Å². The van der Waals surface area contributed by atoms with Crippen LogP contribution in [0.3, 0.4) is 0 Å². The molecule has 550 valence electrons. The van der Waals surface area contributed by atoms with Crippen molar-refractivity contribution in [2.45, 2.75) is 371 Å². The van der Waals surface area contributed by atoms with Crippen LogP contribution in [0.25, 0.3) is 0 Å². The first kappa shape index (κ1) is 92.7. The van der Waals surface area contributed by atoms with Gasteiger partial charge in [-0.15, -0.1) is 0 Å². The fourth-order valence-electron chi connectivity index (χ4n) is 12.2. The molecular weight excluding hydrogens is 1340 g/mol. The highest BCUT2D eigenvalue weighted by Gasteiger charge is 2.82. The van der Waals surface area contributed by atoms with E-state index in [2.05, 4.69) is 157 Å². The van der Waals surface area contributed by atoms with Crippen LogP contribution in [0.4, 0.5) is 0 Å². The zero-order valence-corrected chi connectivity index (χ0v) is 63.8. The van der Waals surface area contributed by atoms with Crippen LogP contribution in [0.1, 0.15) is 336 Å². The van der Waals surface area contributed by atoms with Crippen LogP contribution in [0.5, 0.6) is 0 Å². The number of aliphatic hydroxyl groups is 6. The number of hydrogen-bond acceptors (Lipinski definition) is 12. The molecule has 0 aliphatic heterocycles. The lowest BCUT2D eigenvalue weighted by molar-refractivity contribution is -0.286. The Morgan fingerprint density at radius 2 is 0.458 bits per heavy atom. The minimum Gasteiger partial charge on any atom is -0.382 e. The number of hydrogen-bond donors (Lipinski definition) is 6. The third kappa shape index (κ3) is 37.4. The number of unbranched alkanes of at least 4 members (excludes halogenated alkanes) is 32. The standard InChI is InChI=1S/C82H136Br2O12/c1-5-9-13-17-21-25-29-33-37-41-45-49-53-57-61-65-71(85)77(91)79(93,73(87)67-63-59-55-51-47-43-39-35-31-27-23-19-15-11-7-3)81(95,75(89)69-83)82(96,76(90)70-84)80(94,74(88)68-64-60-56-52-48-44-40-36-32-28-24-20-16-12-8-4)78(92)72(86)66-62-58-54-50-46-42-38-34-30-26-22-18-14-10-6-2/h21-28,33-40,77-78,91-96H,5-20,29-32,41-70H2,1-4H3/b25-21-,26-22-,27-23-,28-24-,37-33-,38-34-,39-35-,40-36-/t77?,78?,79-,80-,81-,82-/m1/s1. The summed E-state index contributed by atoms with van der Waals surface area (Å²) in [4.78, 5) is 89.0. The molecule has 14 heteroatoms. The van der Waals surface area contributed by atoms with Gasteiger partial charge in [0.2, 0.25) is 11.2 Å². The number of aliphatic hydroxyl groups excluding tert-OH is 2. The lowest BCUT2D eigenvalue weighted by atomic mass is 9.54. The van der Waals surface area contributed by atoms with Crippen LogP contribution in [-0.2, 0) is 28.8 Å². The average Bonchev–Trinajstić information content (AvgIpc) is 0.683. The maximum atomic E-state index is 15.1. The van der Waals surface area contributed by atoms with E-state index in [9.17, 15) is 49.8 Å². The molecule has 0 rings (SSSR count). The zero-order chi connectivity index (χ0) is 71.3. The summed E-state index contributed by atoms with van der Waals surface area (Å²) < 4.78 is 0. The molecule has 0 amide bonds. The first-order chi connectivity index (χ1) is 46.5. The van der Waals surface area contributed by atoms with Gasteiger partial charge in [0.15, 0.2) is 58.1 Å². The number of carbonyl (C=O) groups excluding carboxylic acids is 6. The number of Topliss-reactive ketones (excluding diaryl/α,β-unsaturated/α-hetero) is 6. The normalized spacial score (nSPS) is 15.7. The van der Waals surface area contributed by atoms with Gasteiger partial charge in [0, 0.05) is 25.7 Å². The molecule has 0 aromatic heterocycles. The minimum absolute atomic E-state index is 0.000254. The lowest BCUT2D eigenvalue weighted by Gasteiger charge is -2.55. The fraction of sp³-hybridized carbons (Fsp3) is 0.732. The summed E-state index contributed by atoms with van der Waals surface area (Å²) in [7, 11) is 0. The van der Waals surface area contributed by atoms with Crippen molar-refractivity contribution in [2.75, 3.05) is 10.7 Å². The maximum Gasteiger partial charge on any atom is 0.202 e. The first-order valence-corrected chi connectivity index (χ1v) is 40.5. The molecule has 6 atom stereocenters. The molecule has 0 saturated carbocycles. The van der Waals surface area contributed by atoms with E-state index in [4.69, 9.17) is 0 Å². The summed E-state index contributed by atoms with van der Waals surface area (Å²) in [6.45, 7) is 8.74. The smallest absolute Gasteiger partial charge is 0.202 e. The molecular formula is C82H136Br2O12. The van der Waals surface area contributed by atoms with Gasteiger partial charge in [-0.2, -0.15) is 0 Å². The molecule has 0 radical (unpaired) electrons. The number of allylic oxidation sites excluding steroid dienone is 16. The van der Waals surface area contributed by atoms with Crippen LogP contribution in [0, 0.1) is 0 Å². The molecule has 0 aromatic carbocycles. The van der Waals surface area contributed by atoms with Crippen molar-refractivity contribution in [1.82, 2.24) is 0 Å². The number of carbonyl (C=O) groups is 6. The Hall–Kier alpha value is -3.34. The topological polar surface area (TPSA) is 224 Å². The first-order valence-electron chi connectivity index (χ1n) is 38.2. The molecule has 0 bridgehead atoms. The quantitative estimate of drug-likeness (QED) is 0.0190. The molecule has 0 aliphatic rings. The molecule has 0 saturated heterocycles. The van der Waals surface area contributed by atoms with Gasteiger partial charge >= 0.3 is 0 Å². The summed E-state index contributed by atoms with van der Waals surface area (Å²) in [5, 5.41) is 75.9. The molecule has 0 heterocycles. The van der Waals surface area contributed by atoms with E-state index in [0.29, 0.717) is 51.4 Å². The number of alkyl halides is 2. The largest absolute Gasteiger partial charge is 0.382 e. The van der Waals surface area contributed by atoms with Gasteiger partial charge in [0.25, 0.3) is 0 Å². The van der Waals surface area contributed by atoms with Gasteiger partial charge in [0.1, 0.15) is 0 Å². The van der Waals surface area contributed by atoms with E-state index in [-0.39, 0.29) is 25.7 Å². The highest BCUT2D eigenvalue weighted by molar-refractivity contribution is 9.09. The summed E-state index contributed by atoms with van der Waals surface area (Å²) in [6.07, 6.45) is 62.9. The molecule has 0 fully saturated rings. The Labute approximate surface area is 600 Å². The van der Waals surface area contributed by atoms with Crippen LogP contribution < -0.4 is 0 Å². The summed E-state index contributed by atoms with van der Waals surface area (Å²) in [6, 6.07) is 0. The van der Waals surface area contributed by atoms with Crippen molar-refractivity contribution in [3.8, 4) is 0 Å². The Kier molecular flexibility index (Phi) is 59.4. The number of ketones is 6. The van der Waals surface area contributed by atoms with Crippen molar-refractivity contribution in [1.29, 1.82) is 0 Å². The minimum atomic E-state index is -4.46. The van der Waals surface area contributed by atoms with Gasteiger partial charge in [-0.25, -0.2) is 0 Å². The lowest BCUT2D eigenvalue weighted by Crippen LogP contribution is -2.88. The van der Waals surface area contributed by atoms with E-state index in [0.717, 1.165) is 128 Å². The van der Waals surface area contributed by atoms with Crippen LogP contribution in [0.2, 0.25) is 0 Å². The monoisotopic (exact) mass is 1470 g/mol. The van der Waals surface area contributed by atoms with E-state index in [1.54, 1.807) is 0 Å². The third-order valence-corrected chi connectivity index (χ3v) is 19.4. The molecule has 96 heavy (non-hydrogen) atoms. The van der Waals surface area contributed by atoms with Gasteiger partial charge < -0.3 is 30.6 Å². The predicted molar refractivity (Wildman–Crippen MR) is 407 cm³/mol.